The van der Waals surface area contributed by atoms with Crippen molar-refractivity contribution in [2.45, 2.75) is 38.6 Å². The number of aliphatic hydroxyl groups is 1. The summed E-state index contributed by atoms with van der Waals surface area (Å²) >= 11 is 1.76. The molecule has 1 saturated heterocycles. The summed E-state index contributed by atoms with van der Waals surface area (Å²) < 4.78 is 5.79. The van der Waals surface area contributed by atoms with Gasteiger partial charge in [-0.3, -0.25) is 14.6 Å². The van der Waals surface area contributed by atoms with Crippen LogP contribution in [0.4, 0.5) is 5.00 Å². The highest BCUT2D eigenvalue weighted by Crippen LogP contribution is 2.47. The van der Waals surface area contributed by atoms with Crippen LogP contribution in [0.3, 0.4) is 0 Å². The number of amides is 1. The molecular formula is C24H33N3O3S. The fraction of sp³-hybridized carbons (Fsp3) is 0.542. The molecule has 2 aliphatic rings. The molecule has 7 heteroatoms. The molecule has 0 spiro atoms. The number of fused-ring (bicyclic) bond motifs is 1. The van der Waals surface area contributed by atoms with Gasteiger partial charge in [-0.2, -0.15) is 0 Å². The molecule has 1 unspecified atom stereocenters. The summed E-state index contributed by atoms with van der Waals surface area (Å²) in [6.07, 6.45) is 4.57. The molecule has 6 nitrogen and oxygen atoms in total. The van der Waals surface area contributed by atoms with E-state index in [1.165, 1.54) is 28.8 Å². The van der Waals surface area contributed by atoms with Gasteiger partial charge >= 0.3 is 0 Å². The van der Waals surface area contributed by atoms with Crippen LogP contribution in [0.1, 0.15) is 47.4 Å². The highest BCUT2D eigenvalue weighted by atomic mass is 32.1. The van der Waals surface area contributed by atoms with Crippen molar-refractivity contribution >= 4 is 22.2 Å². The van der Waals surface area contributed by atoms with E-state index in [2.05, 4.69) is 27.2 Å². The summed E-state index contributed by atoms with van der Waals surface area (Å²) in [5.74, 6) is 0.862. The number of carbonyl (C=O) groups is 1. The van der Waals surface area contributed by atoms with E-state index in [0.717, 1.165) is 61.9 Å². The number of hydrogen-bond donors (Lipinski definition) is 2. The van der Waals surface area contributed by atoms with E-state index in [-0.39, 0.29) is 18.6 Å². The number of β-amino-alcohol motifs (C(OH)–C–C–N with tert-alkyl or cyclic N) is 1. The van der Waals surface area contributed by atoms with Gasteiger partial charge in [0.1, 0.15) is 10.8 Å². The van der Waals surface area contributed by atoms with Gasteiger partial charge in [-0.1, -0.05) is 18.2 Å². The Labute approximate surface area is 188 Å². The van der Waals surface area contributed by atoms with Gasteiger partial charge in [0.25, 0.3) is 0 Å². The topological polar surface area (TPSA) is 65.0 Å². The first-order valence-corrected chi connectivity index (χ1v) is 12.1. The largest absolute Gasteiger partial charge is 0.496 e. The minimum Gasteiger partial charge on any atom is -0.496 e. The number of nitrogens with zero attached hydrogens (tertiary/aromatic N) is 2. The highest BCUT2D eigenvalue weighted by Gasteiger charge is 2.34. The average molecular weight is 444 g/mol. The number of nitrogens with one attached hydrogen (secondary N) is 1. The third-order valence-electron chi connectivity index (χ3n) is 6.40. The van der Waals surface area contributed by atoms with E-state index < -0.39 is 0 Å². The molecule has 1 aliphatic heterocycles. The van der Waals surface area contributed by atoms with Gasteiger partial charge in [0, 0.05) is 55.7 Å². The summed E-state index contributed by atoms with van der Waals surface area (Å²) in [6.45, 7) is 6.18. The first kappa shape index (κ1) is 22.3. The molecule has 0 saturated carbocycles. The van der Waals surface area contributed by atoms with Crippen LogP contribution in [0.25, 0.3) is 0 Å². The van der Waals surface area contributed by atoms with E-state index in [1.54, 1.807) is 25.4 Å². The maximum Gasteiger partial charge on any atom is 0.221 e. The van der Waals surface area contributed by atoms with Crippen molar-refractivity contribution in [3.05, 3.63) is 45.8 Å². The summed E-state index contributed by atoms with van der Waals surface area (Å²) in [7, 11) is 1.73. The molecule has 1 aromatic carbocycles. The lowest BCUT2D eigenvalue weighted by molar-refractivity contribution is -0.114. The van der Waals surface area contributed by atoms with Crippen LogP contribution >= 0.6 is 11.3 Å². The number of aryl methyl sites for hydroxylation is 1. The Kier molecular flexibility index (Phi) is 7.27. The molecule has 31 heavy (non-hydrogen) atoms. The Hall–Kier alpha value is -1.93. The van der Waals surface area contributed by atoms with Gasteiger partial charge in [-0.25, -0.2) is 0 Å². The average Bonchev–Trinajstić information content (AvgIpc) is 3.13. The second-order valence-corrected chi connectivity index (χ2v) is 9.49. The number of para-hydroxylation sites is 1. The number of aliphatic hydroxyl groups excluding tert-OH is 1. The van der Waals surface area contributed by atoms with E-state index in [1.807, 2.05) is 12.1 Å². The van der Waals surface area contributed by atoms with E-state index in [0.29, 0.717) is 0 Å². The fourth-order valence-electron chi connectivity index (χ4n) is 4.95. The van der Waals surface area contributed by atoms with Crippen LogP contribution in [-0.4, -0.2) is 67.3 Å². The van der Waals surface area contributed by atoms with Crippen molar-refractivity contribution in [3.8, 4) is 5.75 Å². The summed E-state index contributed by atoms with van der Waals surface area (Å²) in [4.78, 5) is 18.3. The number of rotatable bonds is 7. The lowest BCUT2D eigenvalue weighted by Crippen LogP contribution is -2.48. The smallest absolute Gasteiger partial charge is 0.221 e. The van der Waals surface area contributed by atoms with Crippen LogP contribution in [-0.2, 0) is 17.6 Å². The number of hydrogen-bond acceptors (Lipinski definition) is 6. The molecule has 0 bridgehead atoms. The number of ether oxygens (including phenoxy) is 1. The van der Waals surface area contributed by atoms with Crippen LogP contribution < -0.4 is 10.1 Å². The molecule has 1 aliphatic carbocycles. The minimum atomic E-state index is -0.0219. The lowest BCUT2D eigenvalue weighted by atomic mass is 9.88. The molecular weight excluding hydrogens is 410 g/mol. The SMILES string of the molecule is COc1ccccc1C(c1c(NC(C)=O)sc2c1CCCC2)N1CCN(CCO)CC1. The van der Waals surface area contributed by atoms with Gasteiger partial charge in [0.15, 0.2) is 0 Å². The second kappa shape index (κ2) is 10.1. The lowest BCUT2D eigenvalue weighted by Gasteiger charge is -2.40. The molecule has 1 aromatic heterocycles. The first-order chi connectivity index (χ1) is 15.1. The predicted octanol–water partition coefficient (Wildman–Crippen LogP) is 3.29. The van der Waals surface area contributed by atoms with E-state index in [4.69, 9.17) is 4.74 Å². The predicted molar refractivity (Wildman–Crippen MR) is 125 cm³/mol. The number of benzene rings is 1. The zero-order valence-electron chi connectivity index (χ0n) is 18.5. The summed E-state index contributed by atoms with van der Waals surface area (Å²) in [5, 5.41) is 13.5. The molecule has 2 heterocycles. The van der Waals surface area contributed by atoms with Crippen molar-refractivity contribution in [1.82, 2.24) is 9.80 Å². The van der Waals surface area contributed by atoms with Crippen LogP contribution in [0.5, 0.6) is 5.75 Å². The molecule has 1 atom stereocenters. The Morgan fingerprint density at radius 2 is 1.94 bits per heavy atom. The Morgan fingerprint density at radius 3 is 2.65 bits per heavy atom. The Bertz CT molecular complexity index is 905. The van der Waals surface area contributed by atoms with Crippen molar-refractivity contribution in [2.75, 3.05) is 51.8 Å². The first-order valence-electron chi connectivity index (χ1n) is 11.2. The molecule has 1 fully saturated rings. The molecule has 2 N–H and O–H groups in total. The molecule has 1 amide bonds. The quantitative estimate of drug-likeness (QED) is 0.688. The number of carbonyl (C=O) groups excluding carboxylic acids is 1. The normalized spacial score (nSPS) is 18.4. The zero-order valence-corrected chi connectivity index (χ0v) is 19.3. The maximum atomic E-state index is 12.1. The van der Waals surface area contributed by atoms with Gasteiger partial charge < -0.3 is 15.2 Å². The second-order valence-electron chi connectivity index (χ2n) is 8.38. The van der Waals surface area contributed by atoms with Crippen LogP contribution in [0.15, 0.2) is 24.3 Å². The Morgan fingerprint density at radius 1 is 1.19 bits per heavy atom. The number of anilines is 1. The van der Waals surface area contributed by atoms with Crippen molar-refractivity contribution in [3.63, 3.8) is 0 Å². The van der Waals surface area contributed by atoms with Crippen LogP contribution in [0, 0.1) is 0 Å². The van der Waals surface area contributed by atoms with Crippen molar-refractivity contribution in [1.29, 1.82) is 0 Å². The van der Waals surface area contributed by atoms with Crippen molar-refractivity contribution in [2.24, 2.45) is 0 Å². The van der Waals surface area contributed by atoms with Gasteiger partial charge in [0.05, 0.1) is 19.8 Å². The summed E-state index contributed by atoms with van der Waals surface area (Å²) in [5.41, 5.74) is 3.84. The van der Waals surface area contributed by atoms with Gasteiger partial charge in [0.2, 0.25) is 5.91 Å². The fourth-order valence-corrected chi connectivity index (χ4v) is 6.31. The molecule has 4 rings (SSSR count). The van der Waals surface area contributed by atoms with E-state index in [9.17, 15) is 9.90 Å². The number of thiophene rings is 1. The highest BCUT2D eigenvalue weighted by molar-refractivity contribution is 7.16. The van der Waals surface area contributed by atoms with Gasteiger partial charge in [-0.05, 0) is 37.3 Å². The molecule has 168 valence electrons. The molecule has 0 radical (unpaired) electrons. The third-order valence-corrected chi connectivity index (χ3v) is 7.62. The monoisotopic (exact) mass is 443 g/mol. The van der Waals surface area contributed by atoms with Crippen molar-refractivity contribution < 1.29 is 14.6 Å². The minimum absolute atomic E-state index is 0.0219. The maximum absolute atomic E-state index is 12.1. The Balaban J connectivity index is 1.80. The standard InChI is InChI=1S/C24H33N3O3S/c1-17(29)25-24-22(19-8-4-6-10-21(19)31-24)23(18-7-3-5-9-20(18)30-2)27-13-11-26(12-14-27)15-16-28/h3,5,7,9,23,28H,4,6,8,10-16H2,1-2H3,(H,25,29). The van der Waals surface area contributed by atoms with E-state index >= 15 is 0 Å². The van der Waals surface area contributed by atoms with Gasteiger partial charge in [-0.15, -0.1) is 11.3 Å². The number of piperazine rings is 1. The summed E-state index contributed by atoms with van der Waals surface area (Å²) in [6, 6.07) is 8.31. The zero-order chi connectivity index (χ0) is 21.8. The third kappa shape index (κ3) is 4.80. The number of methoxy groups -OCH3 is 1. The van der Waals surface area contributed by atoms with Crippen LogP contribution in [0.2, 0.25) is 0 Å². The molecule has 2 aromatic rings.